The number of nitrogens with zero attached hydrogens (tertiary/aromatic N) is 2. The molecule has 1 aliphatic heterocycles. The second-order valence-electron chi connectivity index (χ2n) is 4.30. The third-order valence-corrected chi connectivity index (χ3v) is 3.12. The number of nitro groups is 1. The first-order chi connectivity index (χ1) is 9.04. The molecule has 0 saturated carbocycles. The van der Waals surface area contributed by atoms with Crippen LogP contribution in [0.5, 0.6) is 11.5 Å². The summed E-state index contributed by atoms with van der Waals surface area (Å²) in [5, 5.41) is 20.5. The summed E-state index contributed by atoms with van der Waals surface area (Å²) in [5.41, 5.74) is -0.461. The third kappa shape index (κ3) is 2.44. The molecule has 1 fully saturated rings. The monoisotopic (exact) mass is 266 g/mol. The average molecular weight is 266 g/mol. The Morgan fingerprint density at radius 1 is 1.42 bits per heavy atom. The van der Waals surface area contributed by atoms with Crippen molar-refractivity contribution in [3.63, 3.8) is 0 Å². The summed E-state index contributed by atoms with van der Waals surface area (Å²) in [6.45, 7) is 1.19. The minimum Gasteiger partial charge on any atom is -0.504 e. The lowest BCUT2D eigenvalue weighted by atomic mass is 10.1. The Balaban J connectivity index is 2.46. The number of methoxy groups -OCH3 is 1. The smallest absolute Gasteiger partial charge is 0.286 e. The van der Waals surface area contributed by atoms with Gasteiger partial charge in [-0.25, -0.2) is 0 Å². The van der Waals surface area contributed by atoms with Crippen molar-refractivity contribution >= 4 is 11.6 Å². The van der Waals surface area contributed by atoms with Gasteiger partial charge in [-0.3, -0.25) is 14.9 Å². The fourth-order valence-corrected chi connectivity index (χ4v) is 2.13. The van der Waals surface area contributed by atoms with Crippen molar-refractivity contribution in [2.45, 2.75) is 12.8 Å². The van der Waals surface area contributed by atoms with Crippen LogP contribution in [0.4, 0.5) is 5.69 Å². The van der Waals surface area contributed by atoms with E-state index in [-0.39, 0.29) is 17.1 Å². The van der Waals surface area contributed by atoms with Crippen molar-refractivity contribution in [3.05, 3.63) is 27.8 Å². The standard InChI is InChI=1S/C12H14N2O5/c1-19-11-6-8(9(14(17)18)7-10(11)15)12(16)13-4-2-3-5-13/h6-7,15H,2-5H2,1H3. The molecule has 0 aliphatic carbocycles. The van der Waals surface area contributed by atoms with Crippen LogP contribution in [0, 0.1) is 10.1 Å². The summed E-state index contributed by atoms with van der Waals surface area (Å²) in [4.78, 5) is 24.1. The summed E-state index contributed by atoms with van der Waals surface area (Å²) in [6.07, 6.45) is 1.80. The van der Waals surface area contributed by atoms with Crippen LogP contribution >= 0.6 is 0 Å². The number of likely N-dealkylation sites (tertiary alicyclic amines) is 1. The van der Waals surface area contributed by atoms with Gasteiger partial charge in [-0.1, -0.05) is 0 Å². The number of carbonyl (C=O) groups excluding carboxylic acids is 1. The van der Waals surface area contributed by atoms with E-state index in [9.17, 15) is 20.0 Å². The maximum Gasteiger partial charge on any atom is 0.286 e. The minimum atomic E-state index is -0.678. The number of carbonyl (C=O) groups is 1. The van der Waals surface area contributed by atoms with E-state index in [1.807, 2.05) is 0 Å². The van der Waals surface area contributed by atoms with Crippen LogP contribution in [0.25, 0.3) is 0 Å². The molecule has 1 aliphatic rings. The Bertz CT molecular complexity index is 523. The van der Waals surface area contributed by atoms with Crippen molar-refractivity contribution in [2.75, 3.05) is 20.2 Å². The number of hydrogen-bond acceptors (Lipinski definition) is 5. The van der Waals surface area contributed by atoms with Crippen molar-refractivity contribution in [1.29, 1.82) is 0 Å². The van der Waals surface area contributed by atoms with Crippen molar-refractivity contribution in [3.8, 4) is 11.5 Å². The third-order valence-electron chi connectivity index (χ3n) is 3.12. The van der Waals surface area contributed by atoms with Crippen molar-refractivity contribution in [1.82, 2.24) is 4.90 Å². The van der Waals surface area contributed by atoms with Crippen molar-refractivity contribution < 1.29 is 19.6 Å². The van der Waals surface area contributed by atoms with Gasteiger partial charge in [0.15, 0.2) is 11.5 Å². The molecule has 0 atom stereocenters. The van der Waals surface area contributed by atoms with E-state index in [0.29, 0.717) is 13.1 Å². The van der Waals surface area contributed by atoms with E-state index >= 15 is 0 Å². The van der Waals surface area contributed by atoms with Crippen LogP contribution in [0.2, 0.25) is 0 Å². The number of ether oxygens (including phenoxy) is 1. The lowest BCUT2D eigenvalue weighted by molar-refractivity contribution is -0.385. The molecule has 1 amide bonds. The minimum absolute atomic E-state index is 0.0492. The predicted molar refractivity (Wildman–Crippen MR) is 66.5 cm³/mol. The summed E-state index contributed by atoms with van der Waals surface area (Å²) < 4.78 is 4.89. The maximum absolute atomic E-state index is 12.2. The van der Waals surface area contributed by atoms with Gasteiger partial charge in [-0.05, 0) is 12.8 Å². The first-order valence-electron chi connectivity index (χ1n) is 5.89. The van der Waals surface area contributed by atoms with Gasteiger partial charge >= 0.3 is 0 Å². The normalized spacial score (nSPS) is 14.5. The van der Waals surface area contributed by atoms with Gasteiger partial charge in [0.1, 0.15) is 5.56 Å². The number of hydrogen-bond donors (Lipinski definition) is 1. The molecular formula is C12H14N2O5. The molecule has 0 spiro atoms. The van der Waals surface area contributed by atoms with Crippen LogP contribution in [0.15, 0.2) is 12.1 Å². The molecule has 0 unspecified atom stereocenters. The number of phenolic OH excluding ortho intramolecular Hbond substituents is 1. The van der Waals surface area contributed by atoms with E-state index in [0.717, 1.165) is 18.9 Å². The molecular weight excluding hydrogens is 252 g/mol. The highest BCUT2D eigenvalue weighted by Gasteiger charge is 2.28. The highest BCUT2D eigenvalue weighted by molar-refractivity contribution is 5.99. The Morgan fingerprint density at radius 3 is 2.58 bits per heavy atom. The molecule has 2 rings (SSSR count). The Labute approximate surface area is 109 Å². The molecule has 1 heterocycles. The average Bonchev–Trinajstić information content (AvgIpc) is 2.91. The van der Waals surface area contributed by atoms with Crippen LogP contribution in [0.1, 0.15) is 23.2 Å². The van der Waals surface area contributed by atoms with Crippen LogP contribution < -0.4 is 4.74 Å². The molecule has 1 aromatic carbocycles. The second kappa shape index (κ2) is 5.13. The van der Waals surface area contributed by atoms with Gasteiger partial charge in [-0.15, -0.1) is 0 Å². The van der Waals surface area contributed by atoms with Crippen LogP contribution in [-0.4, -0.2) is 41.0 Å². The summed E-state index contributed by atoms with van der Waals surface area (Å²) in [7, 11) is 1.32. The maximum atomic E-state index is 12.2. The first-order valence-corrected chi connectivity index (χ1v) is 5.89. The fourth-order valence-electron chi connectivity index (χ4n) is 2.13. The summed E-state index contributed by atoms with van der Waals surface area (Å²) in [6, 6.07) is 2.16. The number of benzene rings is 1. The zero-order valence-electron chi connectivity index (χ0n) is 10.5. The van der Waals surface area contributed by atoms with E-state index in [1.165, 1.54) is 13.2 Å². The molecule has 1 saturated heterocycles. The fraction of sp³-hybridized carbons (Fsp3) is 0.417. The molecule has 1 N–H and O–H groups in total. The van der Waals surface area contributed by atoms with E-state index in [1.54, 1.807) is 4.90 Å². The SMILES string of the molecule is COc1cc(C(=O)N2CCCC2)c([N+](=O)[O-])cc1O. The van der Waals surface area contributed by atoms with Crippen LogP contribution in [0.3, 0.4) is 0 Å². The van der Waals surface area contributed by atoms with E-state index in [4.69, 9.17) is 4.74 Å². The van der Waals surface area contributed by atoms with Gasteiger partial charge < -0.3 is 14.7 Å². The Kier molecular flexibility index (Phi) is 3.55. The highest BCUT2D eigenvalue weighted by atomic mass is 16.6. The number of amides is 1. The molecule has 1 aromatic rings. The van der Waals surface area contributed by atoms with E-state index < -0.39 is 16.5 Å². The topological polar surface area (TPSA) is 92.9 Å². The quantitative estimate of drug-likeness (QED) is 0.661. The molecule has 0 bridgehead atoms. The first kappa shape index (κ1) is 13.1. The predicted octanol–water partition coefficient (Wildman–Crippen LogP) is 1.54. The molecule has 7 nitrogen and oxygen atoms in total. The molecule has 7 heteroatoms. The lowest BCUT2D eigenvalue weighted by Gasteiger charge is -2.16. The van der Waals surface area contributed by atoms with E-state index in [2.05, 4.69) is 0 Å². The number of phenols is 1. The highest BCUT2D eigenvalue weighted by Crippen LogP contribution is 2.34. The summed E-state index contributed by atoms with van der Waals surface area (Å²) in [5.74, 6) is -0.706. The number of nitro benzene ring substituents is 1. The van der Waals surface area contributed by atoms with Crippen molar-refractivity contribution in [2.24, 2.45) is 0 Å². The van der Waals surface area contributed by atoms with Crippen LogP contribution in [-0.2, 0) is 0 Å². The second-order valence-corrected chi connectivity index (χ2v) is 4.30. The molecule has 102 valence electrons. The zero-order chi connectivity index (χ0) is 14.0. The lowest BCUT2D eigenvalue weighted by Crippen LogP contribution is -2.28. The largest absolute Gasteiger partial charge is 0.504 e. The van der Waals surface area contributed by atoms with Gasteiger partial charge in [-0.2, -0.15) is 0 Å². The van der Waals surface area contributed by atoms with Gasteiger partial charge in [0.2, 0.25) is 0 Å². The van der Waals surface area contributed by atoms with Gasteiger partial charge in [0.05, 0.1) is 18.1 Å². The molecule has 0 radical (unpaired) electrons. The Hall–Kier alpha value is -2.31. The zero-order valence-corrected chi connectivity index (χ0v) is 10.5. The molecule has 19 heavy (non-hydrogen) atoms. The van der Waals surface area contributed by atoms with Gasteiger partial charge in [0.25, 0.3) is 11.6 Å². The number of rotatable bonds is 3. The summed E-state index contributed by atoms with van der Waals surface area (Å²) >= 11 is 0. The Morgan fingerprint density at radius 2 is 2.05 bits per heavy atom. The van der Waals surface area contributed by atoms with Gasteiger partial charge in [0, 0.05) is 19.2 Å². The number of aromatic hydroxyl groups is 1. The molecule has 0 aromatic heterocycles.